The zero-order valence-corrected chi connectivity index (χ0v) is 13.6. The standard InChI is InChI=1S/C14H12ClF3N2O2S/c1-6-11(13(21)22)12(7(2)19-6)23-20-8-3-4-10(15)9(5-8)14(16,17)18/h3-5,19-20H,1-2H3,(H,21,22). The fourth-order valence-corrected chi connectivity index (χ4v) is 3.18. The van der Waals surface area contributed by atoms with E-state index in [4.69, 9.17) is 11.6 Å². The average Bonchev–Trinajstić information content (AvgIpc) is 2.70. The first-order valence-electron chi connectivity index (χ1n) is 6.33. The van der Waals surface area contributed by atoms with Gasteiger partial charge in [-0.3, -0.25) is 0 Å². The molecule has 9 heteroatoms. The highest BCUT2D eigenvalue weighted by Gasteiger charge is 2.33. The smallest absolute Gasteiger partial charge is 0.417 e. The van der Waals surface area contributed by atoms with Crippen LogP contribution >= 0.6 is 23.5 Å². The number of hydrogen-bond acceptors (Lipinski definition) is 3. The van der Waals surface area contributed by atoms with Crippen molar-refractivity contribution in [3.8, 4) is 0 Å². The fraction of sp³-hybridized carbons (Fsp3) is 0.214. The van der Waals surface area contributed by atoms with Crippen molar-refractivity contribution >= 4 is 35.2 Å². The van der Waals surface area contributed by atoms with E-state index in [1.165, 1.54) is 6.07 Å². The van der Waals surface area contributed by atoms with E-state index in [9.17, 15) is 23.1 Å². The van der Waals surface area contributed by atoms with Gasteiger partial charge in [0.2, 0.25) is 0 Å². The Morgan fingerprint density at radius 2 is 1.96 bits per heavy atom. The second kappa shape index (κ2) is 6.37. The molecule has 2 rings (SSSR count). The van der Waals surface area contributed by atoms with E-state index < -0.39 is 22.7 Å². The number of aromatic nitrogens is 1. The van der Waals surface area contributed by atoms with Crippen LogP contribution in [0.5, 0.6) is 0 Å². The van der Waals surface area contributed by atoms with Gasteiger partial charge >= 0.3 is 12.1 Å². The van der Waals surface area contributed by atoms with Crippen molar-refractivity contribution in [1.29, 1.82) is 0 Å². The van der Waals surface area contributed by atoms with Crippen molar-refractivity contribution < 1.29 is 23.1 Å². The van der Waals surface area contributed by atoms with Crippen molar-refractivity contribution in [2.45, 2.75) is 24.9 Å². The first kappa shape index (κ1) is 17.6. The highest BCUT2D eigenvalue weighted by atomic mass is 35.5. The van der Waals surface area contributed by atoms with E-state index in [0.717, 1.165) is 24.1 Å². The molecule has 0 amide bonds. The molecule has 0 saturated heterocycles. The third-order valence-electron chi connectivity index (χ3n) is 3.07. The topological polar surface area (TPSA) is 65.1 Å². The Balaban J connectivity index is 2.28. The van der Waals surface area contributed by atoms with Gasteiger partial charge in [0.25, 0.3) is 0 Å². The number of carbonyl (C=O) groups is 1. The number of aromatic amines is 1. The molecule has 0 atom stereocenters. The summed E-state index contributed by atoms with van der Waals surface area (Å²) in [7, 11) is 0. The number of nitrogens with one attached hydrogen (secondary N) is 2. The number of halogens is 4. The second-order valence-electron chi connectivity index (χ2n) is 4.78. The monoisotopic (exact) mass is 364 g/mol. The maximum atomic E-state index is 12.8. The average molecular weight is 365 g/mol. The summed E-state index contributed by atoms with van der Waals surface area (Å²) in [5, 5.41) is 8.82. The largest absolute Gasteiger partial charge is 0.478 e. The van der Waals surface area contributed by atoms with Crippen molar-refractivity contribution in [3.05, 3.63) is 45.7 Å². The van der Waals surface area contributed by atoms with Gasteiger partial charge in [0.1, 0.15) is 0 Å². The van der Waals surface area contributed by atoms with Gasteiger partial charge in [0.05, 0.1) is 21.0 Å². The van der Waals surface area contributed by atoms with E-state index >= 15 is 0 Å². The van der Waals surface area contributed by atoms with E-state index in [1.54, 1.807) is 13.8 Å². The third kappa shape index (κ3) is 3.76. The zero-order chi connectivity index (χ0) is 17.4. The summed E-state index contributed by atoms with van der Waals surface area (Å²) in [6.45, 7) is 3.30. The van der Waals surface area contributed by atoms with Crippen molar-refractivity contribution in [2.75, 3.05) is 4.72 Å². The Kier molecular flexibility index (Phi) is 4.86. The minimum atomic E-state index is -4.56. The van der Waals surface area contributed by atoms with Gasteiger partial charge < -0.3 is 14.8 Å². The van der Waals surface area contributed by atoms with Crippen LogP contribution in [-0.4, -0.2) is 16.1 Å². The van der Waals surface area contributed by atoms with Crippen LogP contribution < -0.4 is 4.72 Å². The summed E-state index contributed by atoms with van der Waals surface area (Å²) < 4.78 is 41.2. The first-order chi connectivity index (χ1) is 10.6. The molecule has 2 aromatic rings. The summed E-state index contributed by atoms with van der Waals surface area (Å²) in [6, 6.07) is 3.41. The number of benzene rings is 1. The van der Waals surface area contributed by atoms with Gasteiger partial charge in [-0.25, -0.2) is 4.79 Å². The van der Waals surface area contributed by atoms with Gasteiger partial charge in [-0.1, -0.05) is 11.6 Å². The molecule has 1 aromatic heterocycles. The summed E-state index contributed by atoms with van der Waals surface area (Å²) in [6.07, 6.45) is -4.56. The molecule has 0 bridgehead atoms. The Hall–Kier alpha value is -1.80. The quantitative estimate of drug-likeness (QED) is 0.659. The molecule has 3 N–H and O–H groups in total. The number of aryl methyl sites for hydroxylation is 2. The third-order valence-corrected chi connectivity index (χ3v) is 4.46. The summed E-state index contributed by atoms with van der Waals surface area (Å²) in [4.78, 5) is 14.6. The van der Waals surface area contributed by atoms with Gasteiger partial charge in [-0.05, 0) is 44.0 Å². The molecule has 1 aromatic carbocycles. The molecule has 0 fully saturated rings. The lowest BCUT2D eigenvalue weighted by Gasteiger charge is -2.12. The molecule has 0 spiro atoms. The number of rotatable bonds is 4. The minimum Gasteiger partial charge on any atom is -0.478 e. The Labute approximate surface area is 139 Å². The normalized spacial score (nSPS) is 11.6. The number of alkyl halides is 3. The van der Waals surface area contributed by atoms with E-state index in [2.05, 4.69) is 9.71 Å². The maximum absolute atomic E-state index is 12.8. The first-order valence-corrected chi connectivity index (χ1v) is 7.52. The summed E-state index contributed by atoms with van der Waals surface area (Å²) >= 11 is 6.48. The van der Waals surface area contributed by atoms with Crippen LogP contribution in [0.3, 0.4) is 0 Å². The molecule has 0 aliphatic carbocycles. The van der Waals surface area contributed by atoms with Gasteiger partial charge in [-0.15, -0.1) is 0 Å². The Bertz CT molecular complexity index is 759. The highest BCUT2D eigenvalue weighted by Crippen LogP contribution is 2.37. The summed E-state index contributed by atoms with van der Waals surface area (Å²) in [5.74, 6) is -1.11. The zero-order valence-electron chi connectivity index (χ0n) is 12.0. The molecular formula is C14H12ClF3N2O2S. The number of H-pyrrole nitrogens is 1. The lowest BCUT2D eigenvalue weighted by atomic mass is 10.2. The van der Waals surface area contributed by atoms with E-state index in [1.807, 2.05) is 0 Å². The Morgan fingerprint density at radius 3 is 2.52 bits per heavy atom. The van der Waals surface area contributed by atoms with Gasteiger partial charge in [0.15, 0.2) is 0 Å². The number of hydrogen-bond donors (Lipinski definition) is 3. The highest BCUT2D eigenvalue weighted by molar-refractivity contribution is 8.00. The predicted octanol–water partition coefficient (Wildman–Crippen LogP) is 5.12. The molecule has 124 valence electrons. The van der Waals surface area contributed by atoms with Crippen molar-refractivity contribution in [2.24, 2.45) is 0 Å². The molecule has 4 nitrogen and oxygen atoms in total. The molecule has 0 aliphatic heterocycles. The number of carboxylic acid groups (broad SMARTS) is 1. The fourth-order valence-electron chi connectivity index (χ4n) is 2.06. The molecule has 1 heterocycles. The van der Waals surface area contributed by atoms with Gasteiger partial charge in [-0.2, -0.15) is 13.2 Å². The van der Waals surface area contributed by atoms with Crippen LogP contribution in [0.2, 0.25) is 5.02 Å². The molecule has 0 radical (unpaired) electrons. The van der Waals surface area contributed by atoms with E-state index in [-0.39, 0.29) is 11.3 Å². The van der Waals surface area contributed by atoms with Crippen LogP contribution in [0.25, 0.3) is 0 Å². The number of aromatic carboxylic acids is 1. The summed E-state index contributed by atoms with van der Waals surface area (Å²) in [5.41, 5.74) is 0.394. The van der Waals surface area contributed by atoms with Gasteiger partial charge in [0, 0.05) is 17.1 Å². The van der Waals surface area contributed by atoms with Crippen LogP contribution in [-0.2, 0) is 6.18 Å². The van der Waals surface area contributed by atoms with Crippen molar-refractivity contribution in [3.63, 3.8) is 0 Å². The lowest BCUT2D eigenvalue weighted by Crippen LogP contribution is -2.06. The van der Waals surface area contributed by atoms with Crippen LogP contribution in [0.15, 0.2) is 23.1 Å². The number of anilines is 1. The van der Waals surface area contributed by atoms with E-state index in [0.29, 0.717) is 16.3 Å². The van der Waals surface area contributed by atoms with Crippen LogP contribution in [0.4, 0.5) is 18.9 Å². The number of carboxylic acids is 1. The molecule has 23 heavy (non-hydrogen) atoms. The Morgan fingerprint density at radius 1 is 1.30 bits per heavy atom. The van der Waals surface area contributed by atoms with Crippen LogP contribution in [0.1, 0.15) is 27.3 Å². The molecule has 0 unspecified atom stereocenters. The predicted molar refractivity (Wildman–Crippen MR) is 83.2 cm³/mol. The lowest BCUT2D eigenvalue weighted by molar-refractivity contribution is -0.137. The maximum Gasteiger partial charge on any atom is 0.417 e. The second-order valence-corrected chi connectivity index (χ2v) is 6.00. The SMILES string of the molecule is Cc1[nH]c(C)c(C(=O)O)c1SNc1ccc(Cl)c(C(F)(F)F)c1. The minimum absolute atomic E-state index is 0.0880. The van der Waals surface area contributed by atoms with Crippen molar-refractivity contribution in [1.82, 2.24) is 4.98 Å². The molecule has 0 aliphatic rings. The molecule has 0 saturated carbocycles. The molecular weight excluding hydrogens is 353 g/mol. The van der Waals surface area contributed by atoms with Crippen LogP contribution in [0, 0.1) is 13.8 Å².